The van der Waals surface area contributed by atoms with Crippen molar-refractivity contribution in [1.29, 1.82) is 0 Å². The first-order chi connectivity index (χ1) is 9.57. The maximum atomic E-state index is 12.8. The molecule has 2 rings (SSSR count). The second-order valence-corrected chi connectivity index (χ2v) is 5.19. The summed E-state index contributed by atoms with van der Waals surface area (Å²) in [4.78, 5) is 0. The SMILES string of the molecule is FC(F)(F)c1ccccc1CNCCC1=CCCCC1. The maximum Gasteiger partial charge on any atom is 0.416 e. The van der Waals surface area contributed by atoms with Crippen molar-refractivity contribution in [2.24, 2.45) is 0 Å². The third-order valence-electron chi connectivity index (χ3n) is 3.65. The van der Waals surface area contributed by atoms with Gasteiger partial charge in [-0.25, -0.2) is 0 Å². The Kier molecular flexibility index (Phi) is 5.24. The summed E-state index contributed by atoms with van der Waals surface area (Å²) < 4.78 is 38.4. The molecule has 0 bridgehead atoms. The van der Waals surface area contributed by atoms with Crippen LogP contribution in [0.15, 0.2) is 35.9 Å². The second-order valence-electron chi connectivity index (χ2n) is 5.19. The first kappa shape index (κ1) is 15.1. The zero-order valence-corrected chi connectivity index (χ0v) is 11.5. The summed E-state index contributed by atoms with van der Waals surface area (Å²) in [6.07, 6.45) is 3.72. The molecule has 1 N–H and O–H groups in total. The topological polar surface area (TPSA) is 12.0 Å². The predicted octanol–water partition coefficient (Wildman–Crippen LogP) is 4.69. The summed E-state index contributed by atoms with van der Waals surface area (Å²) in [7, 11) is 0. The van der Waals surface area contributed by atoms with Gasteiger partial charge in [0.25, 0.3) is 0 Å². The summed E-state index contributed by atoms with van der Waals surface area (Å²) in [5.41, 5.74) is 1.22. The minimum absolute atomic E-state index is 0.267. The van der Waals surface area contributed by atoms with Crippen molar-refractivity contribution in [2.45, 2.75) is 44.8 Å². The molecule has 0 amide bonds. The Morgan fingerprint density at radius 2 is 1.90 bits per heavy atom. The van der Waals surface area contributed by atoms with Crippen molar-refractivity contribution >= 4 is 0 Å². The van der Waals surface area contributed by atoms with E-state index in [4.69, 9.17) is 0 Å². The van der Waals surface area contributed by atoms with Crippen LogP contribution in [0, 0.1) is 0 Å². The molecule has 110 valence electrons. The molecular formula is C16H20F3N. The Hall–Kier alpha value is -1.29. The number of nitrogens with one attached hydrogen (secondary N) is 1. The molecule has 1 aromatic rings. The molecular weight excluding hydrogens is 263 g/mol. The van der Waals surface area contributed by atoms with Crippen LogP contribution >= 0.6 is 0 Å². The lowest BCUT2D eigenvalue weighted by atomic mass is 9.97. The van der Waals surface area contributed by atoms with Gasteiger partial charge in [-0.3, -0.25) is 0 Å². The maximum absolute atomic E-state index is 12.8. The normalized spacial score (nSPS) is 16.1. The Morgan fingerprint density at radius 3 is 2.60 bits per heavy atom. The van der Waals surface area contributed by atoms with Crippen molar-refractivity contribution < 1.29 is 13.2 Å². The van der Waals surface area contributed by atoms with Gasteiger partial charge in [-0.2, -0.15) is 13.2 Å². The molecule has 0 aromatic heterocycles. The van der Waals surface area contributed by atoms with E-state index in [9.17, 15) is 13.2 Å². The van der Waals surface area contributed by atoms with Crippen molar-refractivity contribution in [2.75, 3.05) is 6.54 Å². The zero-order valence-electron chi connectivity index (χ0n) is 11.5. The molecule has 0 saturated heterocycles. The molecule has 0 unspecified atom stereocenters. The minimum atomic E-state index is -4.27. The predicted molar refractivity (Wildman–Crippen MR) is 74.3 cm³/mol. The average Bonchev–Trinajstić information content (AvgIpc) is 2.44. The largest absolute Gasteiger partial charge is 0.416 e. The van der Waals surface area contributed by atoms with Crippen LogP contribution in [0.25, 0.3) is 0 Å². The molecule has 0 radical (unpaired) electrons. The van der Waals surface area contributed by atoms with E-state index in [1.807, 2.05) is 0 Å². The molecule has 0 aliphatic heterocycles. The van der Waals surface area contributed by atoms with E-state index in [-0.39, 0.29) is 6.54 Å². The van der Waals surface area contributed by atoms with Crippen molar-refractivity contribution in [3.8, 4) is 0 Å². The summed E-state index contributed by atoms with van der Waals surface area (Å²) >= 11 is 0. The monoisotopic (exact) mass is 283 g/mol. The summed E-state index contributed by atoms with van der Waals surface area (Å²) in [5.74, 6) is 0. The number of hydrogen-bond donors (Lipinski definition) is 1. The molecule has 0 heterocycles. The number of hydrogen-bond acceptors (Lipinski definition) is 1. The van der Waals surface area contributed by atoms with Crippen LogP contribution in [0.3, 0.4) is 0 Å². The van der Waals surface area contributed by atoms with Crippen LogP contribution in [0.2, 0.25) is 0 Å². The highest BCUT2D eigenvalue weighted by Crippen LogP contribution is 2.31. The van der Waals surface area contributed by atoms with Gasteiger partial charge in [-0.1, -0.05) is 29.8 Å². The van der Waals surface area contributed by atoms with Crippen molar-refractivity contribution in [3.63, 3.8) is 0 Å². The lowest BCUT2D eigenvalue weighted by molar-refractivity contribution is -0.138. The number of rotatable bonds is 5. The van der Waals surface area contributed by atoms with Gasteiger partial charge in [-0.15, -0.1) is 0 Å². The van der Waals surface area contributed by atoms with Crippen molar-refractivity contribution in [1.82, 2.24) is 5.32 Å². The van der Waals surface area contributed by atoms with Gasteiger partial charge < -0.3 is 5.32 Å². The second kappa shape index (κ2) is 6.93. The molecule has 0 spiro atoms. The standard InChI is InChI=1S/C16H20F3N/c17-16(18,19)15-9-5-4-8-14(15)12-20-11-10-13-6-2-1-3-7-13/h4-6,8-9,20H,1-3,7,10-12H2. The number of benzene rings is 1. The van der Waals surface area contributed by atoms with E-state index in [1.54, 1.807) is 6.07 Å². The molecule has 1 nitrogen and oxygen atoms in total. The number of allylic oxidation sites excluding steroid dienone is 1. The van der Waals surface area contributed by atoms with Gasteiger partial charge in [-0.05, 0) is 50.3 Å². The van der Waals surface area contributed by atoms with E-state index in [2.05, 4.69) is 11.4 Å². The van der Waals surface area contributed by atoms with E-state index >= 15 is 0 Å². The molecule has 4 heteroatoms. The quantitative estimate of drug-likeness (QED) is 0.611. The lowest BCUT2D eigenvalue weighted by Gasteiger charge is -2.15. The fourth-order valence-corrected chi connectivity index (χ4v) is 2.55. The zero-order chi connectivity index (χ0) is 14.4. The summed E-state index contributed by atoms with van der Waals surface area (Å²) in [6, 6.07) is 5.76. The van der Waals surface area contributed by atoms with E-state index < -0.39 is 11.7 Å². The number of alkyl halides is 3. The van der Waals surface area contributed by atoms with Crippen molar-refractivity contribution in [3.05, 3.63) is 47.0 Å². The Balaban J connectivity index is 1.84. The van der Waals surface area contributed by atoms with Gasteiger partial charge in [0.2, 0.25) is 0 Å². The van der Waals surface area contributed by atoms with Crippen LogP contribution in [-0.4, -0.2) is 6.54 Å². The fraction of sp³-hybridized carbons (Fsp3) is 0.500. The first-order valence-corrected chi connectivity index (χ1v) is 7.11. The third-order valence-corrected chi connectivity index (χ3v) is 3.65. The third kappa shape index (κ3) is 4.37. The van der Waals surface area contributed by atoms with Gasteiger partial charge in [0.05, 0.1) is 5.56 Å². The molecule has 1 aliphatic carbocycles. The summed E-state index contributed by atoms with van der Waals surface area (Å²) in [5, 5.41) is 3.12. The minimum Gasteiger partial charge on any atom is -0.312 e. The van der Waals surface area contributed by atoms with Gasteiger partial charge in [0.1, 0.15) is 0 Å². The number of halogens is 3. The molecule has 1 aromatic carbocycles. The van der Waals surface area contributed by atoms with Gasteiger partial charge in [0, 0.05) is 6.54 Å². The first-order valence-electron chi connectivity index (χ1n) is 7.11. The highest BCUT2D eigenvalue weighted by Gasteiger charge is 2.32. The fourth-order valence-electron chi connectivity index (χ4n) is 2.55. The highest BCUT2D eigenvalue weighted by molar-refractivity contribution is 5.29. The van der Waals surface area contributed by atoms with Crippen LogP contribution < -0.4 is 5.32 Å². The molecule has 0 saturated carbocycles. The van der Waals surface area contributed by atoms with Gasteiger partial charge >= 0.3 is 6.18 Å². The Labute approximate surface area is 117 Å². The van der Waals surface area contributed by atoms with E-state index in [1.165, 1.54) is 30.5 Å². The smallest absolute Gasteiger partial charge is 0.312 e. The lowest BCUT2D eigenvalue weighted by Crippen LogP contribution is -2.19. The summed E-state index contributed by atoms with van der Waals surface area (Å²) in [6.45, 7) is 1.00. The Morgan fingerprint density at radius 1 is 1.10 bits per heavy atom. The van der Waals surface area contributed by atoms with E-state index in [0.717, 1.165) is 31.9 Å². The molecule has 0 fully saturated rings. The van der Waals surface area contributed by atoms with Crippen LogP contribution in [0.5, 0.6) is 0 Å². The molecule has 1 aliphatic rings. The van der Waals surface area contributed by atoms with Crippen LogP contribution in [0.1, 0.15) is 43.2 Å². The average molecular weight is 283 g/mol. The highest BCUT2D eigenvalue weighted by atomic mass is 19.4. The van der Waals surface area contributed by atoms with Crippen LogP contribution in [-0.2, 0) is 12.7 Å². The van der Waals surface area contributed by atoms with Crippen LogP contribution in [0.4, 0.5) is 13.2 Å². The van der Waals surface area contributed by atoms with Gasteiger partial charge in [0.15, 0.2) is 0 Å². The molecule has 20 heavy (non-hydrogen) atoms. The van der Waals surface area contributed by atoms with E-state index in [0.29, 0.717) is 5.56 Å². The molecule has 0 atom stereocenters. The Bertz CT molecular complexity index is 463.